The van der Waals surface area contributed by atoms with Gasteiger partial charge in [-0.2, -0.15) is 0 Å². The van der Waals surface area contributed by atoms with Gasteiger partial charge in [-0.1, -0.05) is 63.9 Å². The molecule has 1 aromatic heterocycles. The minimum absolute atomic E-state index is 0.139. The number of nitrogens with one attached hydrogen (secondary N) is 2. The van der Waals surface area contributed by atoms with Crippen LogP contribution in [0.15, 0.2) is 48.7 Å². The lowest BCUT2D eigenvalue weighted by atomic mass is 9.93. The lowest BCUT2D eigenvalue weighted by Crippen LogP contribution is -2.52. The van der Waals surface area contributed by atoms with Crippen LogP contribution in [-0.2, 0) is 19.9 Å². The van der Waals surface area contributed by atoms with Crippen LogP contribution in [0.2, 0.25) is 0 Å². The van der Waals surface area contributed by atoms with Crippen LogP contribution in [0.3, 0.4) is 0 Å². The van der Waals surface area contributed by atoms with Crippen molar-refractivity contribution in [1.29, 1.82) is 0 Å². The summed E-state index contributed by atoms with van der Waals surface area (Å²) >= 11 is 0. The fraction of sp³-hybridized carbons (Fsp3) is 0.559. The summed E-state index contributed by atoms with van der Waals surface area (Å²) in [4.78, 5) is 13.9. The summed E-state index contributed by atoms with van der Waals surface area (Å²) in [6.07, 6.45) is 6.46. The summed E-state index contributed by atoms with van der Waals surface area (Å²) in [7, 11) is -1.00. The molecule has 0 aliphatic carbocycles. The largest absolute Gasteiger partial charge is 0.390 e. The Morgan fingerprint density at radius 2 is 1.86 bits per heavy atom. The van der Waals surface area contributed by atoms with E-state index in [1.807, 2.05) is 54.2 Å². The molecule has 3 aromatic rings. The standard InChI is InChI=1S/C34H52N4O4S/c1-7-26-23-37(6)32-28(26)20-27(21-30(32)38-17-12-18-43(38,41)42)33(40)36-29(19-25-14-9-8-10-15-25)31(39)22-35-34(4,5)16-11-13-24(2)3/h8-10,14-15,20-21,23-24,29,31,35,39,41-42H,7,11-13,16-19,22H2,1-6H3,(H,36,40)/t29-,31-/m0/s1. The quantitative estimate of drug-likeness (QED) is 0.142. The molecule has 2 aromatic carbocycles. The molecule has 0 saturated carbocycles. The SMILES string of the molecule is CCc1cn(C)c2c(N3CCCS3(O)O)cc(C(=O)N[C@@H](Cc3ccccc3)[C@@H](O)CNC(C)(C)CCCC(C)C)cc12. The number of hydrogen-bond acceptors (Lipinski definition) is 6. The molecule has 43 heavy (non-hydrogen) atoms. The second-order valence-corrected chi connectivity index (χ2v) is 15.3. The molecular formula is C34H52N4O4S. The first-order valence-electron chi connectivity index (χ1n) is 15.7. The molecule has 2 heterocycles. The van der Waals surface area contributed by atoms with E-state index in [4.69, 9.17) is 0 Å². The lowest BCUT2D eigenvalue weighted by Gasteiger charge is -2.38. The van der Waals surface area contributed by atoms with Gasteiger partial charge in [0.1, 0.15) is 0 Å². The van der Waals surface area contributed by atoms with Crippen LogP contribution in [0.5, 0.6) is 0 Å². The van der Waals surface area contributed by atoms with E-state index in [0.717, 1.165) is 41.3 Å². The van der Waals surface area contributed by atoms with Crippen molar-refractivity contribution in [2.24, 2.45) is 13.0 Å². The van der Waals surface area contributed by atoms with Crippen molar-refractivity contribution in [2.45, 2.75) is 90.8 Å². The van der Waals surface area contributed by atoms with Gasteiger partial charge in [-0.3, -0.25) is 18.2 Å². The maximum Gasteiger partial charge on any atom is 0.251 e. The third-order valence-corrected chi connectivity index (χ3v) is 10.6. The Kier molecular flexibility index (Phi) is 10.9. The Balaban J connectivity index is 1.61. The monoisotopic (exact) mass is 612 g/mol. The van der Waals surface area contributed by atoms with Crippen molar-refractivity contribution in [3.05, 3.63) is 65.4 Å². The van der Waals surface area contributed by atoms with E-state index in [0.29, 0.717) is 48.9 Å². The average molecular weight is 613 g/mol. The van der Waals surface area contributed by atoms with Gasteiger partial charge in [-0.15, -0.1) is 10.8 Å². The van der Waals surface area contributed by atoms with E-state index >= 15 is 0 Å². The topological polar surface area (TPSA) is 110 Å². The maximum absolute atomic E-state index is 13.9. The number of aromatic nitrogens is 1. The number of anilines is 1. The highest BCUT2D eigenvalue weighted by Crippen LogP contribution is 2.53. The normalized spacial score (nSPS) is 17.4. The van der Waals surface area contributed by atoms with Gasteiger partial charge in [-0.25, -0.2) is 0 Å². The smallest absolute Gasteiger partial charge is 0.251 e. The number of benzene rings is 2. The Morgan fingerprint density at radius 1 is 1.14 bits per heavy atom. The van der Waals surface area contributed by atoms with Crippen LogP contribution in [0.25, 0.3) is 10.9 Å². The van der Waals surface area contributed by atoms with Gasteiger partial charge >= 0.3 is 0 Å². The highest BCUT2D eigenvalue weighted by atomic mass is 32.3. The number of carbonyl (C=O) groups is 1. The van der Waals surface area contributed by atoms with Gasteiger partial charge in [0.05, 0.1) is 29.1 Å². The number of nitrogens with zero attached hydrogens (tertiary/aromatic N) is 2. The Labute approximate surface area is 259 Å². The van der Waals surface area contributed by atoms with Crippen LogP contribution in [-0.4, -0.2) is 61.2 Å². The summed E-state index contributed by atoms with van der Waals surface area (Å²) in [5.41, 5.74) is 3.97. The van der Waals surface area contributed by atoms with Crippen molar-refractivity contribution in [2.75, 3.05) is 23.1 Å². The van der Waals surface area contributed by atoms with Crippen molar-refractivity contribution in [3.63, 3.8) is 0 Å². The molecular weight excluding hydrogens is 560 g/mol. The third-order valence-electron chi connectivity index (χ3n) is 8.63. The molecule has 0 radical (unpaired) electrons. The number of β-amino-alcohol motifs (C(OH)–C–C–N with tert-alkyl or cyclic N) is 1. The first-order chi connectivity index (χ1) is 20.3. The molecule has 238 valence electrons. The number of carbonyl (C=O) groups excluding carboxylic acids is 1. The summed E-state index contributed by atoms with van der Waals surface area (Å²) in [5, 5.41) is 19.1. The molecule has 8 nitrogen and oxygen atoms in total. The van der Waals surface area contributed by atoms with Gasteiger partial charge in [0.2, 0.25) is 0 Å². The predicted octanol–water partition coefficient (Wildman–Crippen LogP) is 6.51. The number of hydrogen-bond donors (Lipinski definition) is 5. The van der Waals surface area contributed by atoms with Gasteiger partial charge in [0.15, 0.2) is 0 Å². The average Bonchev–Trinajstić information content (AvgIpc) is 3.48. The summed E-state index contributed by atoms with van der Waals surface area (Å²) in [5.74, 6) is 0.692. The predicted molar refractivity (Wildman–Crippen MR) is 180 cm³/mol. The van der Waals surface area contributed by atoms with E-state index in [2.05, 4.69) is 45.3 Å². The number of fused-ring (bicyclic) bond motifs is 1. The number of aryl methyl sites for hydroxylation is 2. The number of aliphatic hydroxyl groups is 1. The molecule has 0 unspecified atom stereocenters. The molecule has 0 spiro atoms. The highest BCUT2D eigenvalue weighted by Gasteiger charge is 2.33. The maximum atomic E-state index is 13.9. The Bertz CT molecular complexity index is 1370. The molecule has 2 atom stereocenters. The van der Waals surface area contributed by atoms with Crippen molar-refractivity contribution in [3.8, 4) is 0 Å². The fourth-order valence-electron chi connectivity index (χ4n) is 6.11. The minimum atomic E-state index is -2.96. The summed E-state index contributed by atoms with van der Waals surface area (Å²) in [6, 6.07) is 13.1. The molecule has 5 N–H and O–H groups in total. The van der Waals surface area contributed by atoms with Gasteiger partial charge in [-0.05, 0) is 68.7 Å². The van der Waals surface area contributed by atoms with Crippen LogP contribution in [0.1, 0.15) is 81.8 Å². The van der Waals surface area contributed by atoms with Crippen molar-refractivity contribution >= 4 is 33.3 Å². The fourth-order valence-corrected chi connectivity index (χ4v) is 7.72. The van der Waals surface area contributed by atoms with Crippen molar-refractivity contribution in [1.82, 2.24) is 15.2 Å². The second-order valence-electron chi connectivity index (χ2n) is 13.2. The van der Waals surface area contributed by atoms with E-state index in [1.54, 1.807) is 10.4 Å². The van der Waals surface area contributed by atoms with E-state index in [1.165, 1.54) is 6.42 Å². The molecule has 4 rings (SSSR count). The van der Waals surface area contributed by atoms with Gasteiger partial charge < -0.3 is 20.3 Å². The molecule has 1 saturated heterocycles. The zero-order chi connectivity index (χ0) is 31.4. The van der Waals surface area contributed by atoms with Gasteiger partial charge in [0.25, 0.3) is 5.91 Å². The molecule has 1 amide bonds. The highest BCUT2D eigenvalue weighted by molar-refractivity contribution is 8.25. The molecule has 1 fully saturated rings. The Hall–Kier alpha value is -2.56. The van der Waals surface area contributed by atoms with E-state index in [9.17, 15) is 19.0 Å². The molecule has 1 aliphatic heterocycles. The zero-order valence-electron chi connectivity index (χ0n) is 26.8. The Morgan fingerprint density at radius 3 is 2.49 bits per heavy atom. The summed E-state index contributed by atoms with van der Waals surface area (Å²) in [6.45, 7) is 11.7. The van der Waals surface area contributed by atoms with Crippen molar-refractivity contribution < 1.29 is 19.0 Å². The van der Waals surface area contributed by atoms with E-state index in [-0.39, 0.29) is 11.4 Å². The molecule has 9 heteroatoms. The second kappa shape index (κ2) is 14.0. The number of amides is 1. The van der Waals surface area contributed by atoms with Crippen LogP contribution < -0.4 is 14.9 Å². The lowest BCUT2D eigenvalue weighted by molar-refractivity contribution is 0.0812. The first-order valence-corrected chi connectivity index (χ1v) is 17.4. The van der Waals surface area contributed by atoms with Gasteiger partial charge in [0, 0.05) is 42.8 Å². The van der Waals surface area contributed by atoms with Crippen LogP contribution in [0, 0.1) is 5.92 Å². The van der Waals surface area contributed by atoms with E-state index < -0.39 is 22.9 Å². The first kappa shape index (κ1) is 33.3. The minimum Gasteiger partial charge on any atom is -0.390 e. The van der Waals surface area contributed by atoms with Crippen LogP contribution >= 0.6 is 10.8 Å². The molecule has 1 aliphatic rings. The third kappa shape index (κ3) is 8.34. The summed E-state index contributed by atoms with van der Waals surface area (Å²) < 4.78 is 25.4. The number of rotatable bonds is 14. The zero-order valence-corrected chi connectivity index (χ0v) is 27.6. The number of aliphatic hydroxyl groups excluding tert-OH is 1. The molecule has 0 bridgehead atoms. The van der Waals surface area contributed by atoms with Crippen LogP contribution in [0.4, 0.5) is 5.69 Å².